The third kappa shape index (κ3) is 4.74. The molecule has 1 amide bonds. The van der Waals surface area contributed by atoms with Gasteiger partial charge in [-0.15, -0.1) is 0 Å². The van der Waals surface area contributed by atoms with E-state index in [0.717, 1.165) is 11.1 Å². The van der Waals surface area contributed by atoms with Gasteiger partial charge in [-0.2, -0.15) is 10.4 Å². The van der Waals surface area contributed by atoms with Crippen LogP contribution in [0.4, 0.5) is 0 Å². The molecular weight excluding hydrogens is 398 g/mol. The number of hydrogen-bond donors (Lipinski definition) is 0. The summed E-state index contributed by atoms with van der Waals surface area (Å²) in [6, 6.07) is 22.3. The molecule has 3 aromatic rings. The molecule has 0 bridgehead atoms. The maximum Gasteiger partial charge on any atom is 0.257 e. The number of carbonyl (C=O) groups excluding carboxylic acids is 1. The van der Waals surface area contributed by atoms with Gasteiger partial charge in [0.15, 0.2) is 0 Å². The minimum absolute atomic E-state index is 0.000805. The molecule has 1 aromatic heterocycles. The van der Waals surface area contributed by atoms with E-state index in [9.17, 15) is 10.1 Å². The highest BCUT2D eigenvalue weighted by Crippen LogP contribution is 2.25. The van der Waals surface area contributed by atoms with Crippen LogP contribution in [0.25, 0.3) is 11.3 Å². The molecule has 6 nitrogen and oxygen atoms in total. The maximum absolute atomic E-state index is 13.5. The van der Waals surface area contributed by atoms with Crippen LogP contribution in [0.5, 0.6) is 0 Å². The van der Waals surface area contributed by atoms with Crippen LogP contribution in [0.3, 0.4) is 0 Å². The lowest BCUT2D eigenvalue weighted by Gasteiger charge is -2.38. The first-order valence-electron chi connectivity index (χ1n) is 11.2. The van der Waals surface area contributed by atoms with Gasteiger partial charge >= 0.3 is 0 Å². The predicted molar refractivity (Wildman–Crippen MR) is 125 cm³/mol. The monoisotopic (exact) mass is 427 g/mol. The largest absolute Gasteiger partial charge is 0.336 e. The van der Waals surface area contributed by atoms with Crippen molar-refractivity contribution in [3.05, 3.63) is 78.0 Å². The van der Waals surface area contributed by atoms with Crippen LogP contribution in [0.1, 0.15) is 29.8 Å². The molecule has 1 atom stereocenters. The Kier molecular flexibility index (Phi) is 6.67. The number of aromatic nitrogens is 2. The number of carbonyl (C=O) groups is 1. The fourth-order valence-corrected chi connectivity index (χ4v) is 4.26. The van der Waals surface area contributed by atoms with Crippen molar-refractivity contribution < 1.29 is 4.79 Å². The molecule has 2 heterocycles. The van der Waals surface area contributed by atoms with E-state index in [2.05, 4.69) is 36.9 Å². The highest BCUT2D eigenvalue weighted by atomic mass is 16.2. The molecule has 0 aliphatic carbocycles. The zero-order valence-electron chi connectivity index (χ0n) is 18.7. The van der Waals surface area contributed by atoms with Gasteiger partial charge in [-0.05, 0) is 11.5 Å². The van der Waals surface area contributed by atoms with Crippen LogP contribution in [0.2, 0.25) is 0 Å². The van der Waals surface area contributed by atoms with Gasteiger partial charge in [0.1, 0.15) is 11.7 Å². The summed E-state index contributed by atoms with van der Waals surface area (Å²) in [5.74, 6) is 0.268. The van der Waals surface area contributed by atoms with E-state index in [0.29, 0.717) is 44.0 Å². The second-order valence-electron chi connectivity index (χ2n) is 8.59. The molecular formula is C26H29N5O. The summed E-state index contributed by atoms with van der Waals surface area (Å²) in [5, 5.41) is 14.3. The molecule has 4 rings (SSSR count). The highest BCUT2D eigenvalue weighted by molar-refractivity contribution is 5.99. The summed E-state index contributed by atoms with van der Waals surface area (Å²) in [6.45, 7) is 7.39. The van der Waals surface area contributed by atoms with E-state index in [1.807, 2.05) is 64.3 Å². The normalized spacial score (nSPS) is 15.5. The average Bonchev–Trinajstić information content (AvgIpc) is 3.24. The molecule has 0 saturated carbocycles. The minimum Gasteiger partial charge on any atom is -0.336 e. The van der Waals surface area contributed by atoms with E-state index in [4.69, 9.17) is 5.10 Å². The number of nitrogens with zero attached hydrogens (tertiary/aromatic N) is 5. The van der Waals surface area contributed by atoms with Crippen molar-refractivity contribution in [3.63, 3.8) is 0 Å². The Morgan fingerprint density at radius 3 is 2.22 bits per heavy atom. The van der Waals surface area contributed by atoms with Crippen molar-refractivity contribution in [2.45, 2.75) is 26.4 Å². The molecule has 0 spiro atoms. The summed E-state index contributed by atoms with van der Waals surface area (Å²) < 4.78 is 1.85. The standard InChI is InChI=1S/C26H29N5O/c1-20(2)24(17-27)29-13-15-30(16-14-29)26(32)23-19-31(18-21-9-5-3-6-10-21)28-25(23)22-11-7-4-8-12-22/h3-12,19-20,24H,13-16,18H2,1-2H3. The van der Waals surface area contributed by atoms with Gasteiger partial charge in [0.2, 0.25) is 0 Å². The third-order valence-electron chi connectivity index (χ3n) is 5.99. The predicted octanol–water partition coefficient (Wildman–Crippen LogP) is 3.90. The quantitative estimate of drug-likeness (QED) is 0.598. The number of rotatable bonds is 6. The topological polar surface area (TPSA) is 65.2 Å². The van der Waals surface area contributed by atoms with E-state index in [1.54, 1.807) is 0 Å². The van der Waals surface area contributed by atoms with E-state index >= 15 is 0 Å². The Morgan fingerprint density at radius 2 is 1.62 bits per heavy atom. The van der Waals surface area contributed by atoms with Crippen LogP contribution in [0, 0.1) is 17.2 Å². The molecule has 6 heteroatoms. The van der Waals surface area contributed by atoms with Crippen molar-refractivity contribution in [1.82, 2.24) is 19.6 Å². The molecule has 1 fully saturated rings. The lowest BCUT2D eigenvalue weighted by Crippen LogP contribution is -2.52. The van der Waals surface area contributed by atoms with Gasteiger partial charge in [0, 0.05) is 37.9 Å². The van der Waals surface area contributed by atoms with Gasteiger partial charge in [-0.25, -0.2) is 0 Å². The van der Waals surface area contributed by atoms with Gasteiger partial charge in [0.25, 0.3) is 5.91 Å². The summed E-state index contributed by atoms with van der Waals surface area (Å²) in [5.41, 5.74) is 3.41. The highest BCUT2D eigenvalue weighted by Gasteiger charge is 2.30. The molecule has 32 heavy (non-hydrogen) atoms. The lowest BCUT2D eigenvalue weighted by atomic mass is 10.0. The number of piperazine rings is 1. The van der Waals surface area contributed by atoms with Crippen molar-refractivity contribution >= 4 is 5.91 Å². The summed E-state index contributed by atoms with van der Waals surface area (Å²) in [7, 11) is 0. The zero-order chi connectivity index (χ0) is 22.5. The van der Waals surface area contributed by atoms with Gasteiger partial charge in [-0.3, -0.25) is 14.4 Å². The molecule has 1 aliphatic rings. The SMILES string of the molecule is CC(C)C(C#N)N1CCN(C(=O)c2cn(Cc3ccccc3)nc2-c2ccccc2)CC1. The zero-order valence-corrected chi connectivity index (χ0v) is 18.7. The van der Waals surface area contributed by atoms with Crippen molar-refractivity contribution in [1.29, 1.82) is 5.26 Å². The fraction of sp³-hybridized carbons (Fsp3) is 0.346. The number of nitriles is 1. The second kappa shape index (κ2) is 9.80. The number of benzene rings is 2. The van der Waals surface area contributed by atoms with E-state index in [1.165, 1.54) is 0 Å². The Balaban J connectivity index is 1.57. The van der Waals surface area contributed by atoms with Crippen LogP contribution < -0.4 is 0 Å². The molecule has 164 valence electrons. The molecule has 0 radical (unpaired) electrons. The van der Waals surface area contributed by atoms with Crippen molar-refractivity contribution in [2.24, 2.45) is 5.92 Å². The smallest absolute Gasteiger partial charge is 0.257 e. The van der Waals surface area contributed by atoms with Crippen LogP contribution in [0.15, 0.2) is 66.9 Å². The first kappa shape index (κ1) is 21.8. The Labute approximate surface area is 189 Å². The third-order valence-corrected chi connectivity index (χ3v) is 5.99. The maximum atomic E-state index is 13.5. The Morgan fingerprint density at radius 1 is 1.00 bits per heavy atom. The first-order chi connectivity index (χ1) is 15.6. The van der Waals surface area contributed by atoms with Gasteiger partial charge < -0.3 is 4.90 Å². The lowest BCUT2D eigenvalue weighted by molar-refractivity contribution is 0.0577. The number of hydrogen-bond acceptors (Lipinski definition) is 4. The summed E-state index contributed by atoms with van der Waals surface area (Å²) in [6.07, 6.45) is 1.87. The van der Waals surface area contributed by atoms with Gasteiger partial charge in [0.05, 0.1) is 18.2 Å². The number of amides is 1. The van der Waals surface area contributed by atoms with E-state index in [-0.39, 0.29) is 17.9 Å². The molecule has 1 unspecified atom stereocenters. The fourth-order valence-electron chi connectivity index (χ4n) is 4.26. The molecule has 1 aliphatic heterocycles. The van der Waals surface area contributed by atoms with Crippen LogP contribution in [-0.2, 0) is 6.54 Å². The Bertz CT molecular complexity index is 1080. The summed E-state index contributed by atoms with van der Waals surface area (Å²) in [4.78, 5) is 17.6. The van der Waals surface area contributed by atoms with E-state index < -0.39 is 0 Å². The molecule has 2 aromatic carbocycles. The molecule has 1 saturated heterocycles. The minimum atomic E-state index is -0.110. The molecule has 0 N–H and O–H groups in total. The van der Waals surface area contributed by atoms with Crippen LogP contribution >= 0.6 is 0 Å². The van der Waals surface area contributed by atoms with Crippen LogP contribution in [-0.4, -0.2) is 57.7 Å². The summed E-state index contributed by atoms with van der Waals surface area (Å²) >= 11 is 0. The first-order valence-corrected chi connectivity index (χ1v) is 11.2. The second-order valence-corrected chi connectivity index (χ2v) is 8.59. The van der Waals surface area contributed by atoms with Crippen molar-refractivity contribution in [2.75, 3.05) is 26.2 Å². The Hall–Kier alpha value is -3.43. The average molecular weight is 428 g/mol. The van der Waals surface area contributed by atoms with Gasteiger partial charge in [-0.1, -0.05) is 74.5 Å². The van der Waals surface area contributed by atoms with Crippen molar-refractivity contribution in [3.8, 4) is 17.3 Å².